The lowest BCUT2D eigenvalue weighted by Gasteiger charge is -2.48. The second-order valence-electron chi connectivity index (χ2n) is 4.35. The average Bonchev–Trinajstić information content (AvgIpc) is 2.27. The highest BCUT2D eigenvalue weighted by Crippen LogP contribution is 2.33. The molecule has 0 radical (unpaired) electrons. The Labute approximate surface area is 89.1 Å². The molecule has 1 N–H and O–H groups in total. The van der Waals surface area contributed by atoms with Crippen LogP contribution in [0, 0.1) is 0 Å². The number of nitrogens with zero attached hydrogens (tertiary/aromatic N) is 1. The largest absolute Gasteiger partial charge is 0.317 e. The van der Waals surface area contributed by atoms with Crippen LogP contribution in [0.2, 0.25) is 0 Å². The summed E-state index contributed by atoms with van der Waals surface area (Å²) in [7, 11) is 2.31. The lowest BCUT2D eigenvalue weighted by atomic mass is 9.79. The first-order valence-corrected chi connectivity index (χ1v) is 6.25. The summed E-state index contributed by atoms with van der Waals surface area (Å²) in [6.07, 6.45) is 7.02. The summed E-state index contributed by atoms with van der Waals surface area (Å²) in [6, 6.07) is 0. The van der Waals surface area contributed by atoms with Crippen LogP contribution < -0.4 is 5.32 Å². The normalized spacial score (nSPS) is 26.8. The van der Waals surface area contributed by atoms with Crippen molar-refractivity contribution < 1.29 is 0 Å². The minimum atomic E-state index is 0.587. The molecular formula is C12H26N2. The second-order valence-corrected chi connectivity index (χ2v) is 4.35. The van der Waals surface area contributed by atoms with Gasteiger partial charge in [-0.1, -0.05) is 20.3 Å². The van der Waals surface area contributed by atoms with E-state index in [1.807, 2.05) is 13.8 Å². The molecular weight excluding hydrogens is 172 g/mol. The van der Waals surface area contributed by atoms with E-state index in [2.05, 4.69) is 17.3 Å². The summed E-state index contributed by atoms with van der Waals surface area (Å²) in [5.74, 6) is 0. The van der Waals surface area contributed by atoms with E-state index < -0.39 is 0 Å². The number of piperidine rings is 2. The Hall–Kier alpha value is -0.0800. The van der Waals surface area contributed by atoms with Crippen LogP contribution in [0.25, 0.3) is 0 Å². The summed E-state index contributed by atoms with van der Waals surface area (Å²) in [6.45, 7) is 7.77. The molecule has 2 aliphatic rings. The van der Waals surface area contributed by atoms with E-state index in [1.165, 1.54) is 51.7 Å². The number of hydrogen-bond acceptors (Lipinski definition) is 2. The van der Waals surface area contributed by atoms with Crippen molar-refractivity contribution in [1.82, 2.24) is 10.2 Å². The fourth-order valence-electron chi connectivity index (χ4n) is 2.75. The third-order valence-corrected chi connectivity index (χ3v) is 3.73. The third-order valence-electron chi connectivity index (χ3n) is 3.73. The van der Waals surface area contributed by atoms with Crippen LogP contribution in [0.1, 0.15) is 46.0 Å². The van der Waals surface area contributed by atoms with Crippen molar-refractivity contribution in [3.8, 4) is 0 Å². The number of rotatable bonds is 0. The van der Waals surface area contributed by atoms with Crippen LogP contribution in [0.5, 0.6) is 0 Å². The van der Waals surface area contributed by atoms with Crippen molar-refractivity contribution in [2.24, 2.45) is 0 Å². The predicted molar refractivity (Wildman–Crippen MR) is 62.7 cm³/mol. The van der Waals surface area contributed by atoms with Gasteiger partial charge in [-0.15, -0.1) is 0 Å². The van der Waals surface area contributed by atoms with E-state index >= 15 is 0 Å². The highest BCUT2D eigenvalue weighted by Gasteiger charge is 2.37. The predicted octanol–water partition coefficient (Wildman–Crippen LogP) is 2.25. The van der Waals surface area contributed by atoms with Crippen LogP contribution in [-0.2, 0) is 0 Å². The molecule has 0 amide bonds. The molecule has 2 rings (SSSR count). The molecule has 2 fully saturated rings. The monoisotopic (exact) mass is 198 g/mol. The van der Waals surface area contributed by atoms with Gasteiger partial charge in [0.25, 0.3) is 0 Å². The van der Waals surface area contributed by atoms with E-state index in [0.717, 1.165) is 0 Å². The first kappa shape index (κ1) is 12.0. The van der Waals surface area contributed by atoms with Gasteiger partial charge in [-0.25, -0.2) is 0 Å². The smallest absolute Gasteiger partial charge is 0.0230 e. The zero-order valence-corrected chi connectivity index (χ0v) is 10.1. The van der Waals surface area contributed by atoms with Gasteiger partial charge in [-0.3, -0.25) is 0 Å². The molecule has 1 spiro atoms. The van der Waals surface area contributed by atoms with Crippen molar-refractivity contribution in [1.29, 1.82) is 0 Å². The second kappa shape index (κ2) is 5.72. The lowest BCUT2D eigenvalue weighted by molar-refractivity contribution is 0.0439. The number of hydrogen-bond donors (Lipinski definition) is 1. The van der Waals surface area contributed by atoms with E-state index in [0.29, 0.717) is 5.54 Å². The van der Waals surface area contributed by atoms with Crippen LogP contribution in [0.15, 0.2) is 0 Å². The Balaban J connectivity index is 0.000000461. The van der Waals surface area contributed by atoms with Crippen molar-refractivity contribution in [3.63, 3.8) is 0 Å². The molecule has 14 heavy (non-hydrogen) atoms. The molecule has 0 saturated carbocycles. The Morgan fingerprint density at radius 1 is 1.00 bits per heavy atom. The van der Waals surface area contributed by atoms with Crippen LogP contribution in [-0.4, -0.2) is 37.1 Å². The molecule has 0 aromatic heterocycles. The summed E-state index contributed by atoms with van der Waals surface area (Å²) >= 11 is 0. The van der Waals surface area contributed by atoms with Gasteiger partial charge >= 0.3 is 0 Å². The molecule has 0 atom stereocenters. The first-order valence-electron chi connectivity index (χ1n) is 6.25. The number of likely N-dealkylation sites (tertiary alicyclic amines) is 1. The van der Waals surface area contributed by atoms with Gasteiger partial charge in [0.2, 0.25) is 0 Å². The molecule has 2 nitrogen and oxygen atoms in total. The lowest BCUT2D eigenvalue weighted by Crippen LogP contribution is -2.55. The van der Waals surface area contributed by atoms with Gasteiger partial charge < -0.3 is 10.2 Å². The molecule has 2 aliphatic heterocycles. The summed E-state index contributed by atoms with van der Waals surface area (Å²) in [5, 5.41) is 3.45. The van der Waals surface area contributed by atoms with Gasteiger partial charge in [0.05, 0.1) is 0 Å². The summed E-state index contributed by atoms with van der Waals surface area (Å²) < 4.78 is 0. The fourth-order valence-corrected chi connectivity index (χ4v) is 2.75. The Bertz CT molecular complexity index is 142. The Morgan fingerprint density at radius 3 is 2.21 bits per heavy atom. The molecule has 0 aliphatic carbocycles. The van der Waals surface area contributed by atoms with E-state index in [-0.39, 0.29) is 0 Å². The Kier molecular flexibility index (Phi) is 4.90. The van der Waals surface area contributed by atoms with Crippen molar-refractivity contribution in [3.05, 3.63) is 0 Å². The maximum Gasteiger partial charge on any atom is 0.0230 e. The van der Waals surface area contributed by atoms with Gasteiger partial charge in [-0.2, -0.15) is 0 Å². The van der Waals surface area contributed by atoms with Gasteiger partial charge in [0.15, 0.2) is 0 Å². The molecule has 2 heteroatoms. The number of nitrogens with one attached hydrogen (secondary N) is 1. The van der Waals surface area contributed by atoms with Crippen LogP contribution in [0.3, 0.4) is 0 Å². The molecule has 0 bridgehead atoms. The summed E-state index contributed by atoms with van der Waals surface area (Å²) in [4.78, 5) is 2.61. The molecule has 2 saturated heterocycles. The molecule has 0 aromatic carbocycles. The average molecular weight is 198 g/mol. The molecule has 2 heterocycles. The van der Waals surface area contributed by atoms with Crippen LogP contribution >= 0.6 is 0 Å². The van der Waals surface area contributed by atoms with Crippen LogP contribution in [0.4, 0.5) is 0 Å². The molecule has 84 valence electrons. The Morgan fingerprint density at radius 2 is 1.64 bits per heavy atom. The SMILES string of the molecule is CC.CN1CCCCC12CCNCC2. The standard InChI is InChI=1S/C10H20N2.C2H6/c1-12-9-3-2-4-10(12)5-7-11-8-6-10;1-2/h11H,2-9H2,1H3;1-2H3. The maximum absolute atomic E-state index is 3.45. The first-order chi connectivity index (χ1) is 6.83. The fraction of sp³-hybridized carbons (Fsp3) is 1.00. The van der Waals surface area contributed by atoms with E-state index in [9.17, 15) is 0 Å². The van der Waals surface area contributed by atoms with Crippen molar-refractivity contribution >= 4 is 0 Å². The van der Waals surface area contributed by atoms with Gasteiger partial charge in [-0.05, 0) is 52.4 Å². The highest BCUT2D eigenvalue weighted by atomic mass is 15.2. The van der Waals surface area contributed by atoms with E-state index in [4.69, 9.17) is 0 Å². The molecule has 0 unspecified atom stereocenters. The van der Waals surface area contributed by atoms with Crippen molar-refractivity contribution in [2.45, 2.75) is 51.5 Å². The minimum Gasteiger partial charge on any atom is -0.317 e. The topological polar surface area (TPSA) is 15.3 Å². The highest BCUT2D eigenvalue weighted by molar-refractivity contribution is 4.95. The maximum atomic E-state index is 3.45. The van der Waals surface area contributed by atoms with E-state index in [1.54, 1.807) is 0 Å². The van der Waals surface area contributed by atoms with Gasteiger partial charge in [0, 0.05) is 5.54 Å². The summed E-state index contributed by atoms with van der Waals surface area (Å²) in [5.41, 5.74) is 0.587. The zero-order chi connectivity index (χ0) is 10.4. The zero-order valence-electron chi connectivity index (χ0n) is 10.1. The quantitative estimate of drug-likeness (QED) is 0.642. The van der Waals surface area contributed by atoms with Gasteiger partial charge in [0.1, 0.15) is 0 Å². The van der Waals surface area contributed by atoms with Crippen molar-refractivity contribution in [2.75, 3.05) is 26.7 Å². The third kappa shape index (κ3) is 2.48. The molecule has 0 aromatic rings. The minimum absolute atomic E-state index is 0.587.